The van der Waals surface area contributed by atoms with E-state index in [-0.39, 0.29) is 6.54 Å². The Bertz CT molecular complexity index is 523. The van der Waals surface area contributed by atoms with E-state index in [1.54, 1.807) is 0 Å². The molecule has 1 aromatic carbocycles. The summed E-state index contributed by atoms with van der Waals surface area (Å²) in [6, 6.07) is 0.923. The molecule has 0 saturated carbocycles. The van der Waals surface area contributed by atoms with Gasteiger partial charge in [-0.05, 0) is 12.5 Å². The number of nitrogens with zero attached hydrogens (tertiary/aromatic N) is 1. The van der Waals surface area contributed by atoms with Crippen molar-refractivity contribution in [3.05, 3.63) is 39.4 Å². The smallest absolute Gasteiger partial charge is 0.305 e. The fourth-order valence-electron chi connectivity index (χ4n) is 1.75. The number of rotatable bonds is 6. The fraction of sp³-hybridized carbons (Fsp3) is 0.417. The van der Waals surface area contributed by atoms with Gasteiger partial charge in [0.15, 0.2) is 0 Å². The first-order chi connectivity index (χ1) is 9.42. The van der Waals surface area contributed by atoms with Crippen LogP contribution in [0.25, 0.3) is 0 Å². The van der Waals surface area contributed by atoms with Gasteiger partial charge in [-0.2, -0.15) is 4.39 Å². The van der Waals surface area contributed by atoms with Crippen LogP contribution in [0.1, 0.15) is 30.1 Å². The minimum absolute atomic E-state index is 0.109. The lowest BCUT2D eigenvalue weighted by Gasteiger charge is -2.16. The normalized spacial score (nSPS) is 12.0. The third kappa shape index (κ3) is 3.47. The monoisotopic (exact) mass is 287 g/mol. The molecule has 1 rings (SSSR count). The number of nitro groups is 1. The van der Waals surface area contributed by atoms with Crippen molar-refractivity contribution >= 4 is 11.6 Å². The van der Waals surface area contributed by atoms with Crippen LogP contribution in [0.4, 0.5) is 14.5 Å². The zero-order chi connectivity index (χ0) is 15.3. The first-order valence-electron chi connectivity index (χ1n) is 6.05. The molecule has 0 aliphatic heterocycles. The van der Waals surface area contributed by atoms with Crippen molar-refractivity contribution in [1.82, 2.24) is 5.32 Å². The molecule has 0 saturated heterocycles. The summed E-state index contributed by atoms with van der Waals surface area (Å²) in [6.45, 7) is 1.97. The van der Waals surface area contributed by atoms with E-state index in [2.05, 4.69) is 5.32 Å². The topological polar surface area (TPSA) is 98.3 Å². The van der Waals surface area contributed by atoms with Crippen molar-refractivity contribution in [2.45, 2.75) is 25.8 Å². The molecule has 1 aromatic rings. The van der Waals surface area contributed by atoms with E-state index in [1.807, 2.05) is 6.92 Å². The Kier molecular flexibility index (Phi) is 5.51. The van der Waals surface area contributed by atoms with Crippen molar-refractivity contribution in [2.75, 3.05) is 6.54 Å². The Morgan fingerprint density at radius 1 is 1.50 bits per heavy atom. The number of hydrogen-bond acceptors (Lipinski definition) is 4. The third-order valence-corrected chi connectivity index (χ3v) is 2.75. The summed E-state index contributed by atoms with van der Waals surface area (Å²) < 4.78 is 27.3. The van der Waals surface area contributed by atoms with E-state index in [4.69, 9.17) is 5.73 Å². The molecule has 110 valence electrons. The van der Waals surface area contributed by atoms with Crippen LogP contribution in [0, 0.1) is 21.7 Å². The molecule has 0 heterocycles. The number of benzene rings is 1. The zero-order valence-electron chi connectivity index (χ0n) is 10.9. The van der Waals surface area contributed by atoms with E-state index < -0.39 is 39.8 Å². The standard InChI is InChI=1S/C12H15F2N3O3/c1-2-3-7(6-15)16-12(18)10-8(13)4-5-9(11(10)14)17(19)20/h4-5,7H,2-3,6,15H2,1H3,(H,16,18). The van der Waals surface area contributed by atoms with Crippen molar-refractivity contribution in [2.24, 2.45) is 5.73 Å². The predicted molar refractivity (Wildman–Crippen MR) is 68.2 cm³/mol. The van der Waals surface area contributed by atoms with Crippen LogP contribution in [0.5, 0.6) is 0 Å². The number of nitro benzene ring substituents is 1. The molecule has 1 unspecified atom stereocenters. The fourth-order valence-corrected chi connectivity index (χ4v) is 1.75. The van der Waals surface area contributed by atoms with Gasteiger partial charge in [0.2, 0.25) is 5.82 Å². The predicted octanol–water partition coefficient (Wildman–Crippen LogP) is 1.73. The zero-order valence-corrected chi connectivity index (χ0v) is 10.9. The van der Waals surface area contributed by atoms with Crippen molar-refractivity contribution in [3.63, 3.8) is 0 Å². The van der Waals surface area contributed by atoms with Crippen molar-refractivity contribution in [3.8, 4) is 0 Å². The van der Waals surface area contributed by atoms with Crippen LogP contribution in [-0.4, -0.2) is 23.4 Å². The highest BCUT2D eigenvalue weighted by atomic mass is 19.1. The number of halogens is 2. The SMILES string of the molecule is CCCC(CN)NC(=O)c1c(F)ccc([N+](=O)[O-])c1F. The Hall–Kier alpha value is -2.09. The van der Waals surface area contributed by atoms with Crippen molar-refractivity contribution < 1.29 is 18.5 Å². The van der Waals surface area contributed by atoms with Crippen LogP contribution in [-0.2, 0) is 0 Å². The van der Waals surface area contributed by atoms with Crippen molar-refractivity contribution in [1.29, 1.82) is 0 Å². The van der Waals surface area contributed by atoms with Gasteiger partial charge in [-0.3, -0.25) is 14.9 Å². The Morgan fingerprint density at radius 2 is 2.15 bits per heavy atom. The molecule has 0 radical (unpaired) electrons. The van der Waals surface area contributed by atoms with E-state index >= 15 is 0 Å². The summed E-state index contributed by atoms with van der Waals surface area (Å²) in [4.78, 5) is 21.4. The number of hydrogen-bond donors (Lipinski definition) is 2. The third-order valence-electron chi connectivity index (χ3n) is 2.75. The number of nitrogens with two attached hydrogens (primary N) is 1. The molecule has 1 amide bonds. The first kappa shape index (κ1) is 16.0. The van der Waals surface area contributed by atoms with Gasteiger partial charge in [0, 0.05) is 18.7 Å². The first-order valence-corrected chi connectivity index (χ1v) is 6.05. The number of amides is 1. The summed E-state index contributed by atoms with van der Waals surface area (Å²) in [7, 11) is 0. The Morgan fingerprint density at radius 3 is 2.65 bits per heavy atom. The molecule has 0 aliphatic rings. The molecule has 20 heavy (non-hydrogen) atoms. The molecule has 0 bridgehead atoms. The molecule has 1 atom stereocenters. The minimum Gasteiger partial charge on any atom is -0.348 e. The quantitative estimate of drug-likeness (QED) is 0.615. The summed E-state index contributed by atoms with van der Waals surface area (Å²) in [6.07, 6.45) is 1.27. The van der Waals surface area contributed by atoms with Crippen LogP contribution >= 0.6 is 0 Å². The van der Waals surface area contributed by atoms with E-state index in [9.17, 15) is 23.7 Å². The average Bonchev–Trinajstić information content (AvgIpc) is 2.37. The molecule has 0 spiro atoms. The molecule has 6 nitrogen and oxygen atoms in total. The minimum atomic E-state index is -1.49. The highest BCUT2D eigenvalue weighted by Crippen LogP contribution is 2.23. The lowest BCUT2D eigenvalue weighted by atomic mass is 10.1. The van der Waals surface area contributed by atoms with Crippen LogP contribution in [0.15, 0.2) is 12.1 Å². The largest absolute Gasteiger partial charge is 0.348 e. The van der Waals surface area contributed by atoms with Gasteiger partial charge >= 0.3 is 5.69 Å². The Balaban J connectivity index is 3.09. The maximum atomic E-state index is 13.8. The molecule has 3 N–H and O–H groups in total. The van der Waals surface area contributed by atoms with Gasteiger partial charge in [0.25, 0.3) is 5.91 Å². The van der Waals surface area contributed by atoms with Gasteiger partial charge in [0.1, 0.15) is 11.4 Å². The molecule has 0 fully saturated rings. The van der Waals surface area contributed by atoms with Gasteiger partial charge in [-0.1, -0.05) is 13.3 Å². The lowest BCUT2D eigenvalue weighted by molar-refractivity contribution is -0.387. The highest BCUT2D eigenvalue weighted by Gasteiger charge is 2.27. The van der Waals surface area contributed by atoms with E-state index in [1.165, 1.54) is 0 Å². The van der Waals surface area contributed by atoms with Crippen LogP contribution in [0.3, 0.4) is 0 Å². The van der Waals surface area contributed by atoms with Crippen LogP contribution in [0.2, 0.25) is 0 Å². The van der Waals surface area contributed by atoms with Crippen LogP contribution < -0.4 is 11.1 Å². The second-order valence-electron chi connectivity index (χ2n) is 4.21. The molecular formula is C12H15F2N3O3. The maximum Gasteiger partial charge on any atom is 0.305 e. The van der Waals surface area contributed by atoms with Gasteiger partial charge in [-0.25, -0.2) is 4.39 Å². The molecule has 0 aromatic heterocycles. The summed E-state index contributed by atoms with van der Waals surface area (Å²) in [5, 5.41) is 12.9. The van der Waals surface area contributed by atoms with E-state index in [0.717, 1.165) is 6.42 Å². The average molecular weight is 287 g/mol. The highest BCUT2D eigenvalue weighted by molar-refractivity contribution is 5.95. The molecular weight excluding hydrogens is 272 g/mol. The number of nitrogens with one attached hydrogen (secondary N) is 1. The lowest BCUT2D eigenvalue weighted by Crippen LogP contribution is -2.40. The summed E-state index contributed by atoms with van der Waals surface area (Å²) >= 11 is 0. The Labute approximate surface area is 114 Å². The van der Waals surface area contributed by atoms with Gasteiger partial charge < -0.3 is 11.1 Å². The number of carbonyl (C=O) groups excluding carboxylic acids is 1. The second-order valence-corrected chi connectivity index (χ2v) is 4.21. The van der Waals surface area contributed by atoms with Gasteiger partial charge in [0.05, 0.1) is 4.92 Å². The van der Waals surface area contributed by atoms with Gasteiger partial charge in [-0.15, -0.1) is 0 Å². The number of carbonyl (C=O) groups is 1. The maximum absolute atomic E-state index is 13.8. The molecule has 8 heteroatoms. The second kappa shape index (κ2) is 6.90. The summed E-state index contributed by atoms with van der Waals surface area (Å²) in [5.41, 5.74) is 3.52. The molecule has 0 aliphatic carbocycles. The summed E-state index contributed by atoms with van der Waals surface area (Å²) in [5.74, 6) is -3.69. The van der Waals surface area contributed by atoms with E-state index in [0.29, 0.717) is 18.6 Å².